The molecule has 45 heavy (non-hydrogen) atoms. The van der Waals surface area contributed by atoms with Gasteiger partial charge >= 0.3 is 11.9 Å². The molecule has 0 bridgehead atoms. The minimum Gasteiger partial charge on any atom is -0.507 e. The predicted octanol–water partition coefficient (Wildman–Crippen LogP) is 8.33. The molecule has 0 aromatic heterocycles. The van der Waals surface area contributed by atoms with Crippen molar-refractivity contribution in [2.24, 2.45) is 0 Å². The molecule has 8 nitrogen and oxygen atoms in total. The van der Waals surface area contributed by atoms with E-state index in [9.17, 15) is 19.5 Å². The summed E-state index contributed by atoms with van der Waals surface area (Å²) < 4.78 is 15.6. The van der Waals surface area contributed by atoms with Gasteiger partial charge in [0.1, 0.15) is 11.5 Å². The largest absolute Gasteiger partial charge is 0.507 e. The number of benzene rings is 3. The van der Waals surface area contributed by atoms with Gasteiger partial charge in [-0.15, -0.1) is 11.8 Å². The van der Waals surface area contributed by atoms with E-state index in [2.05, 4.69) is 0 Å². The summed E-state index contributed by atoms with van der Waals surface area (Å²) in [7, 11) is 1.55. The molecule has 0 aliphatic heterocycles. The SMILES string of the molecule is CCOC(=O)C(C(=O)OCC)=C(SCC)/C(C(=O)N(c1ccc(Cl)cc1)c1ccc(Cl)cc1)=C(O)\C=C\c1ccc(OC)cc1. The van der Waals surface area contributed by atoms with Crippen molar-refractivity contribution in [3.8, 4) is 5.75 Å². The van der Waals surface area contributed by atoms with E-state index in [1.807, 2.05) is 0 Å². The van der Waals surface area contributed by atoms with E-state index in [0.29, 0.717) is 38.5 Å². The van der Waals surface area contributed by atoms with Crippen LogP contribution in [0.1, 0.15) is 26.3 Å². The van der Waals surface area contributed by atoms with Crippen molar-refractivity contribution >= 4 is 70.3 Å². The van der Waals surface area contributed by atoms with Gasteiger partial charge in [-0.25, -0.2) is 9.59 Å². The van der Waals surface area contributed by atoms with Crippen LogP contribution in [-0.4, -0.2) is 49.0 Å². The molecule has 0 heterocycles. The van der Waals surface area contributed by atoms with Crippen LogP contribution in [0.2, 0.25) is 10.0 Å². The first kappa shape index (κ1) is 35.3. The van der Waals surface area contributed by atoms with Gasteiger partial charge in [0.15, 0.2) is 5.57 Å². The van der Waals surface area contributed by atoms with Crippen molar-refractivity contribution in [1.29, 1.82) is 0 Å². The zero-order valence-electron chi connectivity index (χ0n) is 25.2. The lowest BCUT2D eigenvalue weighted by Gasteiger charge is -2.26. The fourth-order valence-corrected chi connectivity index (χ4v) is 5.25. The van der Waals surface area contributed by atoms with Crippen molar-refractivity contribution in [3.63, 3.8) is 0 Å². The van der Waals surface area contributed by atoms with Crippen molar-refractivity contribution in [3.05, 3.63) is 116 Å². The minimum absolute atomic E-state index is 0.0379. The third-order valence-electron chi connectivity index (χ3n) is 6.09. The molecule has 0 saturated heterocycles. The second-order valence-corrected chi connectivity index (χ2v) is 11.2. The topological polar surface area (TPSA) is 102 Å². The van der Waals surface area contributed by atoms with Crippen LogP contribution < -0.4 is 9.64 Å². The number of amides is 1. The molecule has 0 unspecified atom stereocenters. The molecule has 11 heteroatoms. The Morgan fingerprint density at radius 3 is 1.69 bits per heavy atom. The number of esters is 2. The summed E-state index contributed by atoms with van der Waals surface area (Å²) in [4.78, 5) is 42.5. The van der Waals surface area contributed by atoms with E-state index in [-0.39, 0.29) is 23.7 Å². The summed E-state index contributed by atoms with van der Waals surface area (Å²) in [5.74, 6) is -2.28. The molecule has 0 fully saturated rings. The maximum Gasteiger partial charge on any atom is 0.346 e. The number of ether oxygens (including phenoxy) is 3. The number of rotatable bonds is 13. The normalized spacial score (nSPS) is 11.4. The van der Waals surface area contributed by atoms with Crippen LogP contribution in [0.5, 0.6) is 5.75 Å². The Hall–Kier alpha value is -4.18. The molecule has 1 amide bonds. The average molecular weight is 671 g/mol. The highest BCUT2D eigenvalue weighted by Gasteiger charge is 2.35. The molecule has 3 aromatic carbocycles. The molecule has 0 aliphatic rings. The van der Waals surface area contributed by atoms with Crippen LogP contribution in [0.15, 0.2) is 101 Å². The summed E-state index contributed by atoms with van der Waals surface area (Å²) in [6.45, 7) is 4.88. The second-order valence-electron chi connectivity index (χ2n) is 9.04. The van der Waals surface area contributed by atoms with Gasteiger partial charge in [0.2, 0.25) is 0 Å². The molecular formula is C34H33Cl2NO7S. The Morgan fingerprint density at radius 2 is 1.27 bits per heavy atom. The monoisotopic (exact) mass is 669 g/mol. The van der Waals surface area contributed by atoms with Crippen molar-refractivity contribution in [1.82, 2.24) is 0 Å². The molecule has 0 radical (unpaired) electrons. The van der Waals surface area contributed by atoms with Gasteiger partial charge < -0.3 is 19.3 Å². The van der Waals surface area contributed by atoms with Gasteiger partial charge in [-0.05, 0) is 91.9 Å². The van der Waals surface area contributed by atoms with E-state index >= 15 is 0 Å². The van der Waals surface area contributed by atoms with Gasteiger partial charge in [0, 0.05) is 26.3 Å². The average Bonchev–Trinajstić information content (AvgIpc) is 3.03. The van der Waals surface area contributed by atoms with Crippen LogP contribution in [0.3, 0.4) is 0 Å². The highest BCUT2D eigenvalue weighted by Crippen LogP contribution is 2.37. The van der Waals surface area contributed by atoms with Crippen LogP contribution in [0, 0.1) is 0 Å². The van der Waals surface area contributed by atoms with E-state index < -0.39 is 29.2 Å². The van der Waals surface area contributed by atoms with E-state index in [1.54, 1.807) is 107 Å². The molecule has 0 spiro atoms. The third kappa shape index (κ3) is 9.41. The van der Waals surface area contributed by atoms with Gasteiger partial charge in [0.05, 0.1) is 25.9 Å². The van der Waals surface area contributed by atoms with Gasteiger partial charge in [-0.2, -0.15) is 0 Å². The summed E-state index contributed by atoms with van der Waals surface area (Å²) >= 11 is 13.3. The summed E-state index contributed by atoms with van der Waals surface area (Å²) in [5.41, 5.74) is 0.640. The fourth-order valence-electron chi connectivity index (χ4n) is 4.06. The Bertz CT molecular complexity index is 1520. The molecule has 0 aliphatic carbocycles. The first-order chi connectivity index (χ1) is 21.6. The number of methoxy groups -OCH3 is 1. The second kappa shape index (κ2) is 17.3. The van der Waals surface area contributed by atoms with Crippen molar-refractivity contribution < 1.29 is 33.7 Å². The number of halogens is 2. The number of hydrogen-bond acceptors (Lipinski definition) is 8. The molecule has 3 rings (SSSR count). The number of thioether (sulfide) groups is 1. The van der Waals surface area contributed by atoms with E-state index in [4.69, 9.17) is 37.4 Å². The van der Waals surface area contributed by atoms with Gasteiger partial charge in [0.25, 0.3) is 5.91 Å². The lowest BCUT2D eigenvalue weighted by Crippen LogP contribution is -2.30. The number of anilines is 2. The maximum absolute atomic E-state index is 14.8. The lowest BCUT2D eigenvalue weighted by molar-refractivity contribution is -0.146. The standard InChI is InChI=1S/C34H33Cl2NO7S/c1-5-43-33(40)30(34(41)44-6-2)31(45-7-3)29(28(38)21-10-22-8-19-27(42-4)20-9-22)32(39)37(25-15-11-23(35)12-16-25)26-17-13-24(36)14-18-26/h8-21,38H,5-7H2,1-4H3/b21-10+,29-28-. The number of allylic oxidation sites excluding steroid dienone is 1. The Kier molecular flexibility index (Phi) is 13.6. The van der Waals surface area contributed by atoms with Crippen LogP contribution in [0.4, 0.5) is 11.4 Å². The van der Waals surface area contributed by atoms with Crippen molar-refractivity contribution in [2.45, 2.75) is 20.8 Å². The number of aliphatic hydroxyl groups is 1. The highest BCUT2D eigenvalue weighted by atomic mass is 35.5. The molecular weight excluding hydrogens is 637 g/mol. The number of nitrogens with zero attached hydrogens (tertiary/aromatic N) is 1. The number of carbonyl (C=O) groups is 3. The predicted molar refractivity (Wildman–Crippen MR) is 180 cm³/mol. The first-order valence-electron chi connectivity index (χ1n) is 14.0. The Morgan fingerprint density at radius 1 is 0.778 bits per heavy atom. The molecule has 0 atom stereocenters. The summed E-state index contributed by atoms with van der Waals surface area (Å²) in [6.07, 6.45) is 2.90. The van der Waals surface area contributed by atoms with Crippen LogP contribution >= 0.6 is 35.0 Å². The molecule has 1 N–H and O–H groups in total. The highest BCUT2D eigenvalue weighted by molar-refractivity contribution is 8.03. The van der Waals surface area contributed by atoms with Crippen LogP contribution in [0.25, 0.3) is 6.08 Å². The molecule has 3 aromatic rings. The summed E-state index contributed by atoms with van der Waals surface area (Å²) in [5, 5.41) is 12.6. The molecule has 236 valence electrons. The number of hydrogen-bond donors (Lipinski definition) is 1. The Labute approximate surface area is 276 Å². The number of carbonyl (C=O) groups excluding carboxylic acids is 3. The zero-order chi connectivity index (χ0) is 32.9. The van der Waals surface area contributed by atoms with E-state index in [1.165, 1.54) is 11.0 Å². The van der Waals surface area contributed by atoms with Gasteiger partial charge in [-0.3, -0.25) is 9.69 Å². The third-order valence-corrected chi connectivity index (χ3v) is 7.58. The van der Waals surface area contributed by atoms with E-state index in [0.717, 1.165) is 11.8 Å². The molecule has 0 saturated carbocycles. The number of aliphatic hydroxyl groups excluding tert-OH is 1. The lowest BCUT2D eigenvalue weighted by atomic mass is 10.1. The van der Waals surface area contributed by atoms with Crippen molar-refractivity contribution in [2.75, 3.05) is 31.0 Å². The fraction of sp³-hybridized carbons (Fsp3) is 0.206. The zero-order valence-corrected chi connectivity index (χ0v) is 27.5. The van der Waals surface area contributed by atoms with Gasteiger partial charge in [-0.1, -0.05) is 48.3 Å². The first-order valence-corrected chi connectivity index (χ1v) is 15.7. The van der Waals surface area contributed by atoms with Crippen LogP contribution in [-0.2, 0) is 23.9 Å². The quantitative estimate of drug-likeness (QED) is 0.0484. The minimum atomic E-state index is -0.992. The smallest absolute Gasteiger partial charge is 0.346 e. The maximum atomic E-state index is 14.8. The summed E-state index contributed by atoms with van der Waals surface area (Å²) in [6, 6.07) is 20.0. The Balaban J connectivity index is 2.39.